The summed E-state index contributed by atoms with van der Waals surface area (Å²) in [5.41, 5.74) is 3.15. The van der Waals surface area contributed by atoms with Crippen LogP contribution in [-0.4, -0.2) is 27.1 Å². The zero-order valence-corrected chi connectivity index (χ0v) is 16.2. The zero-order chi connectivity index (χ0) is 18.5. The average Bonchev–Trinajstić information content (AvgIpc) is 3.39. The van der Waals surface area contributed by atoms with Crippen molar-refractivity contribution in [1.29, 1.82) is 0 Å². The number of anilines is 2. The first-order valence-electron chi connectivity index (χ1n) is 8.27. The van der Waals surface area contributed by atoms with E-state index in [0.29, 0.717) is 0 Å². The molecule has 27 heavy (non-hydrogen) atoms. The second-order valence-corrected chi connectivity index (χ2v) is 7.80. The van der Waals surface area contributed by atoms with E-state index in [0.717, 1.165) is 32.3 Å². The predicted molar refractivity (Wildman–Crippen MR) is 109 cm³/mol. The van der Waals surface area contributed by atoms with Crippen LogP contribution < -0.4 is 10.1 Å². The fraction of sp³-hybridized carbons (Fsp3) is 0.105. The molecule has 2 aromatic heterocycles. The molecule has 8 heteroatoms. The zero-order valence-electron chi connectivity index (χ0n) is 14.6. The lowest BCUT2D eigenvalue weighted by molar-refractivity contribution is 0.417. The van der Waals surface area contributed by atoms with Crippen LogP contribution in [0, 0.1) is 0 Å². The van der Waals surface area contributed by atoms with Crippen LogP contribution in [0.2, 0.25) is 0 Å². The highest BCUT2D eigenvalue weighted by Gasteiger charge is 2.08. The van der Waals surface area contributed by atoms with Crippen LogP contribution in [0.5, 0.6) is 5.75 Å². The number of nitrogens with one attached hydrogen (secondary N) is 1. The van der Waals surface area contributed by atoms with Gasteiger partial charge in [0.25, 0.3) is 0 Å². The van der Waals surface area contributed by atoms with Gasteiger partial charge in [-0.25, -0.2) is 4.68 Å². The smallest absolute Gasteiger partial charge is 0.210 e. The Labute approximate surface area is 165 Å². The van der Waals surface area contributed by atoms with Crippen LogP contribution in [0.15, 0.2) is 71.3 Å². The standard InChI is InChI=1S/C19H17N5OS2/c1-25-17-6-3-2-5-16(17)21-18-22-23-19(27-18)26-13-14-7-9-15(10-8-14)24-12-4-11-20-24/h2-12H,13H2,1H3,(H,21,22). The summed E-state index contributed by atoms with van der Waals surface area (Å²) < 4.78 is 8.11. The van der Waals surface area contributed by atoms with E-state index in [2.05, 4.69) is 44.9 Å². The summed E-state index contributed by atoms with van der Waals surface area (Å²) in [5.74, 6) is 1.61. The van der Waals surface area contributed by atoms with Gasteiger partial charge in [-0.2, -0.15) is 5.10 Å². The molecule has 0 bridgehead atoms. The first kappa shape index (κ1) is 17.6. The van der Waals surface area contributed by atoms with Gasteiger partial charge in [0.05, 0.1) is 18.5 Å². The summed E-state index contributed by atoms with van der Waals surface area (Å²) in [7, 11) is 1.65. The molecule has 0 aliphatic rings. The summed E-state index contributed by atoms with van der Waals surface area (Å²) in [6.07, 6.45) is 3.71. The number of thioether (sulfide) groups is 1. The Balaban J connectivity index is 1.37. The van der Waals surface area contributed by atoms with E-state index in [1.807, 2.05) is 41.2 Å². The molecule has 136 valence electrons. The first-order valence-corrected chi connectivity index (χ1v) is 10.1. The lowest BCUT2D eigenvalue weighted by Crippen LogP contribution is -1.93. The number of benzene rings is 2. The van der Waals surface area contributed by atoms with Crippen molar-refractivity contribution in [3.63, 3.8) is 0 Å². The second kappa shape index (κ2) is 8.24. The molecule has 2 aromatic carbocycles. The Morgan fingerprint density at radius 2 is 1.93 bits per heavy atom. The van der Waals surface area contributed by atoms with E-state index < -0.39 is 0 Å². The average molecular weight is 396 g/mol. The van der Waals surface area contributed by atoms with Crippen molar-refractivity contribution in [3.05, 3.63) is 72.6 Å². The maximum absolute atomic E-state index is 5.35. The monoisotopic (exact) mass is 395 g/mol. The highest BCUT2D eigenvalue weighted by Crippen LogP contribution is 2.32. The highest BCUT2D eigenvalue weighted by molar-refractivity contribution is 8.00. The molecule has 0 aliphatic carbocycles. The maximum atomic E-state index is 5.35. The Hall–Kier alpha value is -2.84. The Morgan fingerprint density at radius 1 is 1.07 bits per heavy atom. The number of nitrogens with zero attached hydrogens (tertiary/aromatic N) is 4. The fourth-order valence-electron chi connectivity index (χ4n) is 2.49. The molecule has 0 radical (unpaired) electrons. The van der Waals surface area contributed by atoms with Gasteiger partial charge in [0, 0.05) is 18.1 Å². The van der Waals surface area contributed by atoms with Crippen molar-refractivity contribution >= 4 is 33.9 Å². The van der Waals surface area contributed by atoms with Crippen molar-refractivity contribution in [2.24, 2.45) is 0 Å². The van der Waals surface area contributed by atoms with Crippen LogP contribution in [0.4, 0.5) is 10.8 Å². The summed E-state index contributed by atoms with van der Waals surface area (Å²) in [4.78, 5) is 0. The maximum Gasteiger partial charge on any atom is 0.210 e. The summed E-state index contributed by atoms with van der Waals surface area (Å²) in [5, 5.41) is 16.7. The summed E-state index contributed by atoms with van der Waals surface area (Å²) in [6, 6.07) is 18.0. The predicted octanol–water partition coefficient (Wildman–Crippen LogP) is 4.77. The SMILES string of the molecule is COc1ccccc1Nc1nnc(SCc2ccc(-n3cccn3)cc2)s1. The fourth-order valence-corrected chi connectivity index (χ4v) is 4.21. The number of hydrogen-bond donors (Lipinski definition) is 1. The van der Waals surface area contributed by atoms with E-state index >= 15 is 0 Å². The van der Waals surface area contributed by atoms with E-state index in [9.17, 15) is 0 Å². The summed E-state index contributed by atoms with van der Waals surface area (Å²) >= 11 is 3.20. The van der Waals surface area contributed by atoms with Crippen molar-refractivity contribution in [2.45, 2.75) is 10.1 Å². The van der Waals surface area contributed by atoms with E-state index in [1.165, 1.54) is 16.9 Å². The topological polar surface area (TPSA) is 64.9 Å². The third-order valence-electron chi connectivity index (χ3n) is 3.82. The van der Waals surface area contributed by atoms with Gasteiger partial charge < -0.3 is 10.1 Å². The number of methoxy groups -OCH3 is 1. The first-order chi connectivity index (χ1) is 13.3. The van der Waals surface area contributed by atoms with Crippen molar-refractivity contribution < 1.29 is 4.74 Å². The van der Waals surface area contributed by atoms with E-state index in [4.69, 9.17) is 4.74 Å². The number of rotatable bonds is 7. The second-order valence-electron chi connectivity index (χ2n) is 5.60. The van der Waals surface area contributed by atoms with Gasteiger partial charge in [-0.15, -0.1) is 10.2 Å². The van der Waals surface area contributed by atoms with Gasteiger partial charge in [-0.05, 0) is 35.9 Å². The Morgan fingerprint density at radius 3 is 2.70 bits per heavy atom. The number of hydrogen-bond acceptors (Lipinski definition) is 7. The van der Waals surface area contributed by atoms with Crippen LogP contribution in [0.3, 0.4) is 0 Å². The Kier molecular flexibility index (Phi) is 5.36. The molecule has 0 amide bonds. The van der Waals surface area contributed by atoms with Crippen molar-refractivity contribution in [3.8, 4) is 11.4 Å². The molecular weight excluding hydrogens is 378 g/mol. The van der Waals surface area contributed by atoms with E-state index in [1.54, 1.807) is 25.1 Å². The van der Waals surface area contributed by atoms with Gasteiger partial charge in [0.15, 0.2) is 4.34 Å². The lowest BCUT2D eigenvalue weighted by atomic mass is 10.2. The summed E-state index contributed by atoms with van der Waals surface area (Å²) in [6.45, 7) is 0. The number of para-hydroxylation sites is 2. The van der Waals surface area contributed by atoms with Gasteiger partial charge in [0.2, 0.25) is 5.13 Å². The molecule has 0 spiro atoms. The largest absolute Gasteiger partial charge is 0.495 e. The van der Waals surface area contributed by atoms with Gasteiger partial charge in [-0.1, -0.05) is 47.4 Å². The van der Waals surface area contributed by atoms with Crippen LogP contribution in [-0.2, 0) is 5.75 Å². The molecule has 0 fully saturated rings. The minimum absolute atomic E-state index is 0.746. The molecule has 0 saturated carbocycles. The molecule has 4 aromatic rings. The van der Waals surface area contributed by atoms with Crippen LogP contribution in [0.1, 0.15) is 5.56 Å². The third-order valence-corrected chi connectivity index (χ3v) is 5.87. The molecule has 1 N–H and O–H groups in total. The lowest BCUT2D eigenvalue weighted by Gasteiger charge is -2.07. The highest BCUT2D eigenvalue weighted by atomic mass is 32.2. The molecule has 0 atom stereocenters. The Bertz CT molecular complexity index is 999. The molecular formula is C19H17N5OS2. The van der Waals surface area contributed by atoms with Crippen molar-refractivity contribution in [2.75, 3.05) is 12.4 Å². The third kappa shape index (κ3) is 4.29. The van der Waals surface area contributed by atoms with E-state index in [-0.39, 0.29) is 0 Å². The molecule has 6 nitrogen and oxygen atoms in total. The number of ether oxygens (including phenoxy) is 1. The molecule has 0 saturated heterocycles. The van der Waals surface area contributed by atoms with Gasteiger partial charge in [0.1, 0.15) is 5.75 Å². The molecule has 0 unspecified atom stereocenters. The van der Waals surface area contributed by atoms with Gasteiger partial charge >= 0.3 is 0 Å². The van der Waals surface area contributed by atoms with Crippen molar-refractivity contribution in [1.82, 2.24) is 20.0 Å². The van der Waals surface area contributed by atoms with Crippen LogP contribution >= 0.6 is 23.1 Å². The molecule has 2 heterocycles. The quantitative estimate of drug-likeness (QED) is 0.455. The number of aromatic nitrogens is 4. The molecule has 4 rings (SSSR count). The minimum Gasteiger partial charge on any atom is -0.495 e. The molecule has 0 aliphatic heterocycles. The van der Waals surface area contributed by atoms with Crippen LogP contribution in [0.25, 0.3) is 5.69 Å². The minimum atomic E-state index is 0.746. The van der Waals surface area contributed by atoms with Gasteiger partial charge in [-0.3, -0.25) is 0 Å². The normalized spacial score (nSPS) is 10.7.